The molecule has 0 saturated heterocycles. The number of hydrogen-bond donors (Lipinski definition) is 0. The maximum absolute atomic E-state index is 7.06. The predicted molar refractivity (Wildman–Crippen MR) is 243 cm³/mol. The first-order valence-electron chi connectivity index (χ1n) is 19.5. The van der Waals surface area contributed by atoms with Gasteiger partial charge < -0.3 is 8.83 Å². The van der Waals surface area contributed by atoms with Gasteiger partial charge in [-0.15, -0.1) is 11.3 Å². The Balaban J connectivity index is 1.07. The minimum Gasteiger partial charge on any atom is -0.455 e. The average Bonchev–Trinajstić information content (AvgIpc) is 3.97. The zero-order chi connectivity index (χ0) is 36.9. The summed E-state index contributed by atoms with van der Waals surface area (Å²) in [4.78, 5) is 0. The number of furan rings is 2. The van der Waals surface area contributed by atoms with Gasteiger partial charge in [0.05, 0.1) is 4.70 Å². The largest absolute Gasteiger partial charge is 0.455 e. The lowest BCUT2D eigenvalue weighted by molar-refractivity contribution is 0.673. The van der Waals surface area contributed by atoms with E-state index in [1.165, 1.54) is 90.7 Å². The first kappa shape index (κ1) is 30.1. The Morgan fingerprint density at radius 2 is 0.930 bits per heavy atom. The van der Waals surface area contributed by atoms with Crippen LogP contribution in [-0.2, 0) is 0 Å². The van der Waals surface area contributed by atoms with E-state index < -0.39 is 0 Å². The molecule has 3 aromatic heterocycles. The minimum absolute atomic E-state index is 0.903. The van der Waals surface area contributed by atoms with Crippen LogP contribution < -0.4 is 0 Å². The summed E-state index contributed by atoms with van der Waals surface area (Å²) in [6, 6.07) is 62.1. The molecule has 0 N–H and O–H groups in total. The van der Waals surface area contributed by atoms with Gasteiger partial charge in [0.15, 0.2) is 5.58 Å². The smallest absolute Gasteiger partial charge is 0.153 e. The van der Waals surface area contributed by atoms with Crippen molar-refractivity contribution in [2.75, 3.05) is 0 Å². The third kappa shape index (κ3) is 3.84. The highest BCUT2D eigenvalue weighted by Crippen LogP contribution is 2.50. The predicted octanol–water partition coefficient (Wildman–Crippen LogP) is 16.4. The van der Waals surface area contributed by atoms with Gasteiger partial charge in [0, 0.05) is 58.9 Å². The second-order valence-electron chi connectivity index (χ2n) is 15.4. The number of hydrogen-bond acceptors (Lipinski definition) is 3. The molecular formula is C54H28O2S. The second-order valence-corrected chi connectivity index (χ2v) is 16.5. The lowest BCUT2D eigenvalue weighted by Gasteiger charge is -2.18. The van der Waals surface area contributed by atoms with Crippen LogP contribution in [0.15, 0.2) is 179 Å². The summed E-state index contributed by atoms with van der Waals surface area (Å²) in [5.41, 5.74) is 8.45. The van der Waals surface area contributed by atoms with Gasteiger partial charge in [-0.3, -0.25) is 0 Å². The molecule has 14 aromatic rings. The lowest BCUT2D eigenvalue weighted by atomic mass is 9.85. The molecule has 2 nitrogen and oxygen atoms in total. The Bertz CT molecular complexity index is 3990. The van der Waals surface area contributed by atoms with Crippen molar-refractivity contribution in [3.05, 3.63) is 170 Å². The van der Waals surface area contributed by atoms with Gasteiger partial charge in [-0.2, -0.15) is 0 Å². The summed E-state index contributed by atoms with van der Waals surface area (Å²) in [6.45, 7) is 0. The van der Waals surface area contributed by atoms with Gasteiger partial charge >= 0.3 is 0 Å². The fraction of sp³-hybridized carbons (Fsp3) is 0. The first-order chi connectivity index (χ1) is 28.3. The van der Waals surface area contributed by atoms with Gasteiger partial charge in [-0.05, 0) is 78.5 Å². The third-order valence-corrected chi connectivity index (χ3v) is 13.8. The molecule has 0 amide bonds. The number of thiophene rings is 1. The van der Waals surface area contributed by atoms with E-state index >= 15 is 0 Å². The van der Waals surface area contributed by atoms with Gasteiger partial charge in [-0.1, -0.05) is 146 Å². The van der Waals surface area contributed by atoms with E-state index in [1.54, 1.807) is 0 Å². The van der Waals surface area contributed by atoms with Crippen molar-refractivity contribution in [3.8, 4) is 22.3 Å². The van der Waals surface area contributed by atoms with Crippen LogP contribution in [0.25, 0.3) is 140 Å². The molecule has 0 aliphatic carbocycles. The highest BCUT2D eigenvalue weighted by atomic mass is 32.1. The molecule has 0 aliphatic rings. The molecule has 0 unspecified atom stereocenters. The summed E-state index contributed by atoms with van der Waals surface area (Å²) in [6.07, 6.45) is 0. The quantitative estimate of drug-likeness (QED) is 0.130. The van der Waals surface area contributed by atoms with Crippen LogP contribution in [0.3, 0.4) is 0 Å². The Labute approximate surface area is 328 Å². The van der Waals surface area contributed by atoms with E-state index in [0.29, 0.717) is 0 Å². The highest BCUT2D eigenvalue weighted by molar-refractivity contribution is 7.26. The topological polar surface area (TPSA) is 26.3 Å². The van der Waals surface area contributed by atoms with Gasteiger partial charge in [-0.25, -0.2) is 0 Å². The molecule has 0 aliphatic heterocycles. The molecule has 14 rings (SSSR count). The molecule has 3 heterocycles. The van der Waals surface area contributed by atoms with Crippen LogP contribution in [0.2, 0.25) is 0 Å². The molecule has 0 fully saturated rings. The summed E-state index contributed by atoms with van der Waals surface area (Å²) in [7, 11) is 0. The van der Waals surface area contributed by atoms with Crippen LogP contribution in [0.1, 0.15) is 0 Å². The van der Waals surface area contributed by atoms with Gasteiger partial charge in [0.2, 0.25) is 0 Å². The molecule has 3 heteroatoms. The number of rotatable bonds is 2. The van der Waals surface area contributed by atoms with E-state index in [-0.39, 0.29) is 0 Å². The SMILES string of the molecule is c1ccc2c(c1)sc1c2ccc2c3cccc(-c4c5ccccc5c(-c5ccc6oc7c8cccc9ccc%10cccc(c7c6c5)c%10c98)c5ccccc45)c3oc21. The van der Waals surface area contributed by atoms with Crippen LogP contribution in [-0.4, -0.2) is 0 Å². The number of para-hydroxylation sites is 1. The van der Waals surface area contributed by atoms with Crippen molar-refractivity contribution in [2.24, 2.45) is 0 Å². The van der Waals surface area contributed by atoms with E-state index in [1.807, 2.05) is 11.3 Å². The van der Waals surface area contributed by atoms with E-state index in [0.717, 1.165) is 49.4 Å². The molecular weight excluding hydrogens is 713 g/mol. The zero-order valence-corrected chi connectivity index (χ0v) is 31.2. The molecule has 0 radical (unpaired) electrons. The Morgan fingerprint density at radius 3 is 1.70 bits per heavy atom. The van der Waals surface area contributed by atoms with E-state index in [2.05, 4.69) is 170 Å². The fourth-order valence-electron chi connectivity index (χ4n) is 10.2. The van der Waals surface area contributed by atoms with E-state index in [4.69, 9.17) is 8.83 Å². The normalized spacial score (nSPS) is 12.6. The Hall–Kier alpha value is -7.20. The van der Waals surface area contributed by atoms with Crippen LogP contribution in [0, 0.1) is 0 Å². The fourth-order valence-corrected chi connectivity index (χ4v) is 11.4. The molecule has 57 heavy (non-hydrogen) atoms. The maximum Gasteiger partial charge on any atom is 0.153 e. The summed E-state index contributed by atoms with van der Waals surface area (Å²) >= 11 is 1.82. The Morgan fingerprint density at radius 1 is 0.333 bits per heavy atom. The molecule has 0 saturated carbocycles. The summed E-state index contributed by atoms with van der Waals surface area (Å²) in [5, 5.41) is 19.4. The molecule has 11 aromatic carbocycles. The molecule has 262 valence electrons. The van der Waals surface area contributed by atoms with Crippen molar-refractivity contribution >= 4 is 129 Å². The zero-order valence-electron chi connectivity index (χ0n) is 30.4. The number of benzene rings is 11. The van der Waals surface area contributed by atoms with Gasteiger partial charge in [0.1, 0.15) is 16.7 Å². The van der Waals surface area contributed by atoms with Crippen molar-refractivity contribution in [3.63, 3.8) is 0 Å². The average molecular weight is 741 g/mol. The summed E-state index contributed by atoms with van der Waals surface area (Å²) in [5.74, 6) is 0. The lowest BCUT2D eigenvalue weighted by Crippen LogP contribution is -1.91. The van der Waals surface area contributed by atoms with E-state index in [9.17, 15) is 0 Å². The number of fused-ring (bicyclic) bond motifs is 14. The Kier molecular flexibility index (Phi) is 5.68. The third-order valence-electron chi connectivity index (χ3n) is 12.6. The van der Waals surface area contributed by atoms with Crippen LogP contribution in [0.4, 0.5) is 0 Å². The maximum atomic E-state index is 7.06. The van der Waals surface area contributed by atoms with Gasteiger partial charge in [0.25, 0.3) is 0 Å². The van der Waals surface area contributed by atoms with Crippen molar-refractivity contribution < 1.29 is 8.83 Å². The summed E-state index contributed by atoms with van der Waals surface area (Å²) < 4.78 is 16.3. The van der Waals surface area contributed by atoms with Crippen LogP contribution >= 0.6 is 11.3 Å². The minimum atomic E-state index is 0.903. The first-order valence-corrected chi connectivity index (χ1v) is 20.3. The van der Waals surface area contributed by atoms with Crippen molar-refractivity contribution in [2.45, 2.75) is 0 Å². The monoisotopic (exact) mass is 740 g/mol. The second kappa shape index (κ2) is 10.8. The molecule has 0 atom stereocenters. The standard InChI is InChI=1S/C54H28O2S/c1-3-15-35-33(13-1)46(31-24-27-44-43(28-31)50-40-18-7-10-29-22-23-30-11-8-19-41(52(50)55-44)48(30)47(29)40)34-14-2-4-16-36(34)49(35)42-20-9-17-37-38-25-26-39-32-12-5-6-21-45(32)57-54(39)53(38)56-51(37)42/h1-28H. The van der Waals surface area contributed by atoms with Crippen molar-refractivity contribution in [1.29, 1.82) is 0 Å². The highest BCUT2D eigenvalue weighted by Gasteiger charge is 2.23. The molecule has 0 spiro atoms. The van der Waals surface area contributed by atoms with Crippen molar-refractivity contribution in [1.82, 2.24) is 0 Å². The molecule has 0 bridgehead atoms. The van der Waals surface area contributed by atoms with Crippen LogP contribution in [0.5, 0.6) is 0 Å².